The molecule has 0 unspecified atom stereocenters. The largest absolute Gasteiger partial charge is 0.488 e. The third kappa shape index (κ3) is 3.56. The van der Waals surface area contributed by atoms with E-state index in [1.807, 2.05) is 12.1 Å². The Labute approximate surface area is 138 Å². The Kier molecular flexibility index (Phi) is 4.38. The van der Waals surface area contributed by atoms with Crippen molar-refractivity contribution >= 4 is 17.5 Å². The molecule has 0 bridgehead atoms. The van der Waals surface area contributed by atoms with Gasteiger partial charge in [-0.3, -0.25) is 9.36 Å². The van der Waals surface area contributed by atoms with Crippen LogP contribution < -0.4 is 10.4 Å². The molecule has 0 saturated carbocycles. The molecule has 1 aromatic carbocycles. The number of hydrogen-bond acceptors (Lipinski definition) is 4. The summed E-state index contributed by atoms with van der Waals surface area (Å²) in [5.41, 5.74) is -0.302. The van der Waals surface area contributed by atoms with Gasteiger partial charge in [0, 0.05) is 25.0 Å². The number of ether oxygens (including phenoxy) is 1. The van der Waals surface area contributed by atoms with Crippen molar-refractivity contribution in [2.75, 3.05) is 13.1 Å². The predicted octanol–water partition coefficient (Wildman–Crippen LogP) is 0.915. The lowest BCUT2D eigenvalue weighted by molar-refractivity contribution is -0.131. The molecule has 122 valence electrons. The first kappa shape index (κ1) is 15.6. The molecule has 8 heteroatoms. The summed E-state index contributed by atoms with van der Waals surface area (Å²) in [5, 5.41) is 4.51. The molecule has 3 rings (SSSR count). The Bertz CT molecular complexity index is 770. The van der Waals surface area contributed by atoms with E-state index >= 15 is 0 Å². The van der Waals surface area contributed by atoms with Gasteiger partial charge in [0.1, 0.15) is 24.7 Å². The maximum Gasteiger partial charge on any atom is 0.345 e. The molecule has 0 spiro atoms. The minimum Gasteiger partial charge on any atom is -0.488 e. The monoisotopic (exact) mass is 336 g/mol. The molecule has 2 heterocycles. The highest BCUT2D eigenvalue weighted by Crippen LogP contribution is 2.21. The fraction of sp³-hybridized carbons (Fsp3) is 0.400. The zero-order chi connectivity index (χ0) is 16.4. The number of likely N-dealkylation sites (tertiary alicyclic amines) is 1. The van der Waals surface area contributed by atoms with Crippen LogP contribution in [0.15, 0.2) is 35.4 Å². The number of amides is 1. The minimum atomic E-state index is -0.302. The van der Waals surface area contributed by atoms with Crippen LogP contribution in [0, 0.1) is 0 Å². The first-order valence-corrected chi connectivity index (χ1v) is 7.69. The number of benzene rings is 1. The second-order valence-corrected chi connectivity index (χ2v) is 5.94. The second kappa shape index (κ2) is 6.45. The maximum absolute atomic E-state index is 12.3. The molecule has 7 nitrogen and oxygen atoms in total. The van der Waals surface area contributed by atoms with Gasteiger partial charge < -0.3 is 9.64 Å². The second-order valence-electron chi connectivity index (χ2n) is 5.51. The van der Waals surface area contributed by atoms with Crippen molar-refractivity contribution in [3.05, 3.63) is 46.1 Å². The molecular weight excluding hydrogens is 320 g/mol. The highest BCUT2D eigenvalue weighted by atomic mass is 35.5. The Morgan fingerprint density at radius 2 is 2.30 bits per heavy atom. The van der Waals surface area contributed by atoms with Gasteiger partial charge >= 0.3 is 5.69 Å². The van der Waals surface area contributed by atoms with Gasteiger partial charge in [-0.25, -0.2) is 9.48 Å². The van der Waals surface area contributed by atoms with Crippen LogP contribution in [0.1, 0.15) is 6.42 Å². The van der Waals surface area contributed by atoms with Crippen LogP contribution in [0.3, 0.4) is 0 Å². The lowest BCUT2D eigenvalue weighted by Gasteiger charge is -2.17. The number of hydrogen-bond donors (Lipinski definition) is 0. The molecule has 1 aromatic heterocycles. The predicted molar refractivity (Wildman–Crippen MR) is 84.5 cm³/mol. The van der Waals surface area contributed by atoms with Crippen LogP contribution in [0.5, 0.6) is 5.75 Å². The zero-order valence-electron chi connectivity index (χ0n) is 12.7. The van der Waals surface area contributed by atoms with Crippen molar-refractivity contribution < 1.29 is 9.53 Å². The standard InChI is InChI=1S/C15H17ClN4O3/c1-18-10-17-20(15(18)22)9-14(21)19-6-5-13(8-19)23-12-4-2-3-11(16)7-12/h2-4,7,10,13H,5-6,8-9H2,1H3/t13-/m1/s1. The molecule has 1 atom stereocenters. The van der Waals surface area contributed by atoms with Crippen LogP contribution in [-0.2, 0) is 18.4 Å². The van der Waals surface area contributed by atoms with E-state index in [0.29, 0.717) is 23.9 Å². The Hall–Kier alpha value is -2.28. The molecular formula is C15H17ClN4O3. The molecule has 0 aliphatic carbocycles. The van der Waals surface area contributed by atoms with Gasteiger partial charge in [0.2, 0.25) is 5.91 Å². The molecule has 1 saturated heterocycles. The third-order valence-corrected chi connectivity index (χ3v) is 4.00. The van der Waals surface area contributed by atoms with Crippen molar-refractivity contribution in [1.29, 1.82) is 0 Å². The fourth-order valence-corrected chi connectivity index (χ4v) is 2.72. The Balaban J connectivity index is 1.58. The number of nitrogens with zero attached hydrogens (tertiary/aromatic N) is 4. The molecule has 1 amide bonds. The number of aryl methyl sites for hydroxylation is 1. The quantitative estimate of drug-likeness (QED) is 0.832. The van der Waals surface area contributed by atoms with Crippen molar-refractivity contribution in [1.82, 2.24) is 19.2 Å². The van der Waals surface area contributed by atoms with E-state index in [0.717, 1.165) is 11.1 Å². The normalized spacial score (nSPS) is 17.5. The van der Waals surface area contributed by atoms with E-state index < -0.39 is 0 Å². The van der Waals surface area contributed by atoms with E-state index in [1.54, 1.807) is 24.1 Å². The van der Waals surface area contributed by atoms with E-state index in [9.17, 15) is 9.59 Å². The summed E-state index contributed by atoms with van der Waals surface area (Å²) in [7, 11) is 1.60. The summed E-state index contributed by atoms with van der Waals surface area (Å²) >= 11 is 5.93. The number of carbonyl (C=O) groups excluding carboxylic acids is 1. The van der Waals surface area contributed by atoms with Gasteiger partial charge in [0.15, 0.2) is 0 Å². The summed E-state index contributed by atoms with van der Waals surface area (Å²) in [6.45, 7) is 1.04. The number of aromatic nitrogens is 3. The van der Waals surface area contributed by atoms with Crippen LogP contribution in [0.25, 0.3) is 0 Å². The molecule has 2 aromatic rings. The lowest BCUT2D eigenvalue weighted by Crippen LogP contribution is -2.36. The lowest BCUT2D eigenvalue weighted by atomic mass is 10.3. The molecule has 1 fully saturated rings. The summed E-state index contributed by atoms with van der Waals surface area (Å²) in [6, 6.07) is 7.19. The van der Waals surface area contributed by atoms with Gasteiger partial charge in [-0.2, -0.15) is 5.10 Å². The van der Waals surface area contributed by atoms with Crippen molar-refractivity contribution in [3.8, 4) is 5.75 Å². The first-order valence-electron chi connectivity index (χ1n) is 7.31. The Morgan fingerprint density at radius 3 is 3.00 bits per heavy atom. The van der Waals surface area contributed by atoms with Gasteiger partial charge in [0.25, 0.3) is 0 Å². The fourth-order valence-electron chi connectivity index (χ4n) is 2.54. The van der Waals surface area contributed by atoms with Gasteiger partial charge in [-0.05, 0) is 18.2 Å². The van der Waals surface area contributed by atoms with Crippen molar-refractivity contribution in [2.24, 2.45) is 7.05 Å². The van der Waals surface area contributed by atoms with E-state index in [-0.39, 0.29) is 24.2 Å². The average molecular weight is 337 g/mol. The highest BCUT2D eigenvalue weighted by molar-refractivity contribution is 6.30. The molecule has 1 aliphatic heterocycles. The van der Waals surface area contributed by atoms with E-state index in [1.165, 1.54) is 10.9 Å². The van der Waals surface area contributed by atoms with Crippen LogP contribution in [0.4, 0.5) is 0 Å². The smallest absolute Gasteiger partial charge is 0.345 e. The zero-order valence-corrected chi connectivity index (χ0v) is 13.4. The summed E-state index contributed by atoms with van der Waals surface area (Å²) in [5.74, 6) is 0.556. The Morgan fingerprint density at radius 1 is 1.48 bits per heavy atom. The summed E-state index contributed by atoms with van der Waals surface area (Å²) in [4.78, 5) is 25.7. The minimum absolute atomic E-state index is 0.0520. The SMILES string of the molecule is Cn1cnn(CC(=O)N2CC[C@@H](Oc3cccc(Cl)c3)C2)c1=O. The van der Waals surface area contributed by atoms with Gasteiger partial charge in [-0.15, -0.1) is 0 Å². The van der Waals surface area contributed by atoms with E-state index in [2.05, 4.69) is 5.10 Å². The molecule has 1 aliphatic rings. The third-order valence-electron chi connectivity index (χ3n) is 3.77. The number of halogens is 1. The topological polar surface area (TPSA) is 69.4 Å². The molecule has 23 heavy (non-hydrogen) atoms. The van der Waals surface area contributed by atoms with E-state index in [4.69, 9.17) is 16.3 Å². The van der Waals surface area contributed by atoms with Gasteiger partial charge in [0.05, 0.1) is 6.54 Å². The molecule has 0 radical (unpaired) electrons. The van der Waals surface area contributed by atoms with Crippen LogP contribution in [-0.4, -0.2) is 44.3 Å². The number of carbonyl (C=O) groups is 1. The number of rotatable bonds is 4. The summed E-state index contributed by atoms with van der Waals surface area (Å²) < 4.78 is 8.34. The molecule has 0 N–H and O–H groups in total. The maximum atomic E-state index is 12.3. The van der Waals surface area contributed by atoms with Crippen molar-refractivity contribution in [2.45, 2.75) is 19.1 Å². The van der Waals surface area contributed by atoms with Crippen LogP contribution >= 0.6 is 11.6 Å². The van der Waals surface area contributed by atoms with Crippen LogP contribution in [0.2, 0.25) is 5.02 Å². The average Bonchev–Trinajstić information content (AvgIpc) is 3.09. The highest BCUT2D eigenvalue weighted by Gasteiger charge is 2.28. The summed E-state index contributed by atoms with van der Waals surface area (Å²) in [6.07, 6.45) is 2.07. The van der Waals surface area contributed by atoms with Gasteiger partial charge in [-0.1, -0.05) is 17.7 Å². The van der Waals surface area contributed by atoms with Crippen molar-refractivity contribution in [3.63, 3.8) is 0 Å². The first-order chi connectivity index (χ1) is 11.0.